The number of amides is 2. The Morgan fingerprint density at radius 1 is 0.750 bits per heavy atom. The highest BCUT2D eigenvalue weighted by molar-refractivity contribution is 6.04. The molecule has 0 spiro atoms. The van der Waals surface area contributed by atoms with Gasteiger partial charge >= 0.3 is 0 Å². The molecule has 2 N–H and O–H groups in total. The first-order valence-electron chi connectivity index (χ1n) is 8.19. The molecular weight excluding hydrogens is 300 g/mol. The Labute approximate surface area is 143 Å². The normalized spacial score (nSPS) is 10.8. The zero-order valence-electron chi connectivity index (χ0n) is 14.6. The van der Waals surface area contributed by atoms with Gasteiger partial charge in [0.05, 0.1) is 0 Å². The largest absolute Gasteiger partial charge is 0.326 e. The van der Waals surface area contributed by atoms with Crippen molar-refractivity contribution in [1.29, 1.82) is 0 Å². The molecule has 0 aliphatic carbocycles. The van der Waals surface area contributed by atoms with Crippen LogP contribution in [0.15, 0.2) is 48.5 Å². The first-order valence-corrected chi connectivity index (χ1v) is 8.19. The standard InChI is InChI=1S/C20H24N2O2/c1-13(2)15-5-7-16(8-6-15)20(24)22-18-11-9-17(10-12-18)21-19(23)14(3)4/h5-14H,1-4H3,(H,21,23)(H,22,24). The number of anilines is 2. The van der Waals surface area contributed by atoms with Crippen LogP contribution in [-0.2, 0) is 4.79 Å². The van der Waals surface area contributed by atoms with E-state index in [1.54, 1.807) is 24.3 Å². The molecule has 2 aromatic rings. The topological polar surface area (TPSA) is 58.2 Å². The second-order valence-electron chi connectivity index (χ2n) is 6.45. The first-order chi connectivity index (χ1) is 11.4. The fourth-order valence-corrected chi connectivity index (χ4v) is 2.15. The molecule has 0 aliphatic heterocycles. The minimum atomic E-state index is -0.149. The summed E-state index contributed by atoms with van der Waals surface area (Å²) >= 11 is 0. The summed E-state index contributed by atoms with van der Waals surface area (Å²) in [6.45, 7) is 7.92. The molecule has 126 valence electrons. The van der Waals surface area contributed by atoms with E-state index in [-0.39, 0.29) is 17.7 Å². The van der Waals surface area contributed by atoms with Crippen molar-refractivity contribution in [3.05, 3.63) is 59.7 Å². The van der Waals surface area contributed by atoms with Gasteiger partial charge in [-0.3, -0.25) is 9.59 Å². The number of hydrogen-bond donors (Lipinski definition) is 2. The molecule has 0 bridgehead atoms. The molecular formula is C20H24N2O2. The smallest absolute Gasteiger partial charge is 0.255 e. The Balaban J connectivity index is 2.00. The number of benzene rings is 2. The molecule has 2 aromatic carbocycles. The van der Waals surface area contributed by atoms with E-state index in [0.29, 0.717) is 22.9 Å². The van der Waals surface area contributed by atoms with Gasteiger partial charge in [0, 0.05) is 22.9 Å². The molecule has 24 heavy (non-hydrogen) atoms. The van der Waals surface area contributed by atoms with Crippen molar-refractivity contribution in [3.63, 3.8) is 0 Å². The molecule has 0 saturated heterocycles. The Kier molecular flexibility index (Phi) is 5.74. The first kappa shape index (κ1) is 17.7. The maximum absolute atomic E-state index is 12.3. The third kappa shape index (κ3) is 4.69. The average Bonchev–Trinajstić information content (AvgIpc) is 2.56. The van der Waals surface area contributed by atoms with E-state index in [4.69, 9.17) is 0 Å². The van der Waals surface area contributed by atoms with Gasteiger partial charge in [0.25, 0.3) is 5.91 Å². The Hall–Kier alpha value is -2.62. The van der Waals surface area contributed by atoms with Gasteiger partial charge in [-0.05, 0) is 47.9 Å². The number of hydrogen-bond acceptors (Lipinski definition) is 2. The van der Waals surface area contributed by atoms with Crippen LogP contribution < -0.4 is 10.6 Å². The number of rotatable bonds is 5. The van der Waals surface area contributed by atoms with Crippen LogP contribution in [0.25, 0.3) is 0 Å². The van der Waals surface area contributed by atoms with Crippen molar-refractivity contribution in [2.75, 3.05) is 10.6 Å². The third-order valence-corrected chi connectivity index (χ3v) is 3.77. The van der Waals surface area contributed by atoms with E-state index in [0.717, 1.165) is 0 Å². The summed E-state index contributed by atoms with van der Waals surface area (Å²) in [4.78, 5) is 23.9. The second kappa shape index (κ2) is 7.77. The third-order valence-electron chi connectivity index (χ3n) is 3.77. The van der Waals surface area contributed by atoms with Crippen molar-refractivity contribution in [2.45, 2.75) is 33.6 Å². The van der Waals surface area contributed by atoms with Gasteiger partial charge in [0.2, 0.25) is 5.91 Å². The zero-order chi connectivity index (χ0) is 17.7. The van der Waals surface area contributed by atoms with Crippen molar-refractivity contribution < 1.29 is 9.59 Å². The summed E-state index contributed by atoms with van der Waals surface area (Å²) in [6.07, 6.45) is 0. The zero-order valence-corrected chi connectivity index (χ0v) is 14.6. The highest BCUT2D eigenvalue weighted by atomic mass is 16.2. The Morgan fingerprint density at radius 3 is 1.71 bits per heavy atom. The predicted molar refractivity (Wildman–Crippen MR) is 98.4 cm³/mol. The molecule has 0 aromatic heterocycles. The maximum atomic E-state index is 12.3. The van der Waals surface area contributed by atoms with Crippen LogP contribution in [0.5, 0.6) is 0 Å². The van der Waals surface area contributed by atoms with Gasteiger partial charge in [0.1, 0.15) is 0 Å². The monoisotopic (exact) mass is 324 g/mol. The van der Waals surface area contributed by atoms with Crippen LogP contribution in [-0.4, -0.2) is 11.8 Å². The minimum Gasteiger partial charge on any atom is -0.326 e. The molecule has 0 aliphatic rings. The van der Waals surface area contributed by atoms with Crippen LogP contribution in [0.1, 0.15) is 49.5 Å². The molecule has 0 heterocycles. The quantitative estimate of drug-likeness (QED) is 0.840. The van der Waals surface area contributed by atoms with Crippen molar-refractivity contribution in [3.8, 4) is 0 Å². The van der Waals surface area contributed by atoms with Crippen molar-refractivity contribution >= 4 is 23.2 Å². The lowest BCUT2D eigenvalue weighted by Gasteiger charge is -2.10. The Bertz CT molecular complexity index is 701. The number of nitrogens with one attached hydrogen (secondary N) is 2. The van der Waals surface area contributed by atoms with E-state index >= 15 is 0 Å². The molecule has 2 rings (SSSR count). The average molecular weight is 324 g/mol. The van der Waals surface area contributed by atoms with Crippen molar-refractivity contribution in [2.24, 2.45) is 5.92 Å². The maximum Gasteiger partial charge on any atom is 0.255 e. The second-order valence-corrected chi connectivity index (χ2v) is 6.45. The number of carbonyl (C=O) groups excluding carboxylic acids is 2. The lowest BCUT2D eigenvalue weighted by Crippen LogP contribution is -2.17. The molecule has 0 radical (unpaired) electrons. The fraction of sp³-hybridized carbons (Fsp3) is 0.300. The van der Waals surface area contributed by atoms with Gasteiger partial charge in [-0.25, -0.2) is 0 Å². The highest BCUT2D eigenvalue weighted by Gasteiger charge is 2.09. The lowest BCUT2D eigenvalue weighted by atomic mass is 10.0. The predicted octanol–water partition coefficient (Wildman–Crippen LogP) is 4.66. The molecule has 4 heteroatoms. The van der Waals surface area contributed by atoms with Crippen LogP contribution in [0.4, 0.5) is 11.4 Å². The summed E-state index contributed by atoms with van der Waals surface area (Å²) in [5, 5.41) is 5.68. The Morgan fingerprint density at radius 2 is 1.25 bits per heavy atom. The molecule has 0 saturated carbocycles. The fourth-order valence-electron chi connectivity index (χ4n) is 2.15. The summed E-state index contributed by atoms with van der Waals surface area (Å²) in [5.41, 5.74) is 3.23. The van der Waals surface area contributed by atoms with Gasteiger partial charge in [-0.2, -0.15) is 0 Å². The lowest BCUT2D eigenvalue weighted by molar-refractivity contribution is -0.118. The molecule has 2 amide bonds. The SMILES string of the molecule is CC(C)C(=O)Nc1ccc(NC(=O)c2ccc(C(C)C)cc2)cc1. The van der Waals surface area contributed by atoms with Gasteiger partial charge in [-0.15, -0.1) is 0 Å². The van der Waals surface area contributed by atoms with Crippen molar-refractivity contribution in [1.82, 2.24) is 0 Å². The van der Waals surface area contributed by atoms with Gasteiger partial charge < -0.3 is 10.6 Å². The van der Waals surface area contributed by atoms with E-state index in [1.807, 2.05) is 38.1 Å². The summed E-state index contributed by atoms with van der Waals surface area (Å²) in [6, 6.07) is 14.7. The molecule has 0 atom stereocenters. The highest BCUT2D eigenvalue weighted by Crippen LogP contribution is 2.17. The van der Waals surface area contributed by atoms with E-state index in [1.165, 1.54) is 5.56 Å². The minimum absolute atomic E-state index is 0.0305. The van der Waals surface area contributed by atoms with Gasteiger partial charge in [-0.1, -0.05) is 39.8 Å². The van der Waals surface area contributed by atoms with Crippen LogP contribution >= 0.6 is 0 Å². The van der Waals surface area contributed by atoms with E-state index < -0.39 is 0 Å². The van der Waals surface area contributed by atoms with Gasteiger partial charge in [0.15, 0.2) is 0 Å². The van der Waals surface area contributed by atoms with E-state index in [9.17, 15) is 9.59 Å². The molecule has 0 fully saturated rings. The van der Waals surface area contributed by atoms with Crippen LogP contribution in [0.3, 0.4) is 0 Å². The molecule has 4 nitrogen and oxygen atoms in total. The summed E-state index contributed by atoms with van der Waals surface area (Å²) < 4.78 is 0. The summed E-state index contributed by atoms with van der Waals surface area (Å²) in [7, 11) is 0. The number of carbonyl (C=O) groups is 2. The van der Waals surface area contributed by atoms with Crippen LogP contribution in [0, 0.1) is 5.92 Å². The molecule has 0 unspecified atom stereocenters. The van der Waals surface area contributed by atoms with E-state index in [2.05, 4.69) is 24.5 Å². The van der Waals surface area contributed by atoms with Crippen LogP contribution in [0.2, 0.25) is 0 Å². The summed E-state index contributed by atoms with van der Waals surface area (Å²) in [5.74, 6) is 0.190.